The van der Waals surface area contributed by atoms with Crippen molar-refractivity contribution in [3.63, 3.8) is 0 Å². The van der Waals surface area contributed by atoms with Gasteiger partial charge in [0.15, 0.2) is 0 Å². The van der Waals surface area contributed by atoms with Crippen LogP contribution in [0.4, 0.5) is 0 Å². The van der Waals surface area contributed by atoms with Crippen LogP contribution in [0.25, 0.3) is 0 Å². The van der Waals surface area contributed by atoms with Crippen molar-refractivity contribution in [2.24, 2.45) is 5.73 Å². The first-order valence-corrected chi connectivity index (χ1v) is 11.1. The van der Waals surface area contributed by atoms with Gasteiger partial charge in [0.05, 0.1) is 31.0 Å². The zero-order valence-corrected chi connectivity index (χ0v) is 19.4. The number of rotatable bonds is 8. The van der Waals surface area contributed by atoms with E-state index in [9.17, 15) is 4.79 Å². The zero-order valence-electron chi connectivity index (χ0n) is 19.4. The number of hydrogen-bond acceptors (Lipinski definition) is 4. The summed E-state index contributed by atoms with van der Waals surface area (Å²) in [7, 11) is 0. The molecule has 7 heteroatoms. The van der Waals surface area contributed by atoms with Gasteiger partial charge >= 0.3 is 0 Å². The highest BCUT2D eigenvalue weighted by Crippen LogP contribution is 2.17. The van der Waals surface area contributed by atoms with Gasteiger partial charge in [-0.15, -0.1) is 0 Å². The summed E-state index contributed by atoms with van der Waals surface area (Å²) in [4.78, 5) is 12.7. The second kappa shape index (κ2) is 9.83. The number of nitrogens with one attached hydrogen (secondary N) is 1. The summed E-state index contributed by atoms with van der Waals surface area (Å²) in [5.74, 6) is -0.132. The van der Waals surface area contributed by atoms with Crippen LogP contribution in [0.1, 0.15) is 49.3 Å². The average Bonchev–Trinajstić information content (AvgIpc) is 3.43. The molecule has 7 nitrogen and oxygen atoms in total. The molecular formula is C26H30N6O. The van der Waals surface area contributed by atoms with Crippen molar-refractivity contribution in [1.82, 2.24) is 24.9 Å². The van der Waals surface area contributed by atoms with Gasteiger partial charge in [-0.25, -0.2) is 0 Å². The molecular weight excluding hydrogens is 412 g/mol. The molecule has 3 N–H and O–H groups in total. The highest BCUT2D eigenvalue weighted by Gasteiger charge is 2.11. The van der Waals surface area contributed by atoms with Crippen molar-refractivity contribution in [1.29, 1.82) is 0 Å². The van der Waals surface area contributed by atoms with E-state index < -0.39 is 0 Å². The Morgan fingerprint density at radius 2 is 1.45 bits per heavy atom. The molecule has 33 heavy (non-hydrogen) atoms. The maximum Gasteiger partial charge on any atom is 0.254 e. The van der Waals surface area contributed by atoms with Crippen molar-refractivity contribution in [2.45, 2.75) is 47.0 Å². The van der Waals surface area contributed by atoms with Crippen molar-refractivity contribution < 1.29 is 4.79 Å². The number of amides is 1. The summed E-state index contributed by atoms with van der Waals surface area (Å²) in [5, 5.41) is 11.7. The molecule has 0 fully saturated rings. The molecule has 170 valence electrons. The van der Waals surface area contributed by atoms with Gasteiger partial charge in [0, 0.05) is 25.5 Å². The number of aromatic nitrogens is 4. The average molecular weight is 443 g/mol. The molecule has 0 radical (unpaired) electrons. The van der Waals surface area contributed by atoms with E-state index in [4.69, 9.17) is 5.73 Å². The van der Waals surface area contributed by atoms with Crippen LogP contribution in [-0.4, -0.2) is 25.5 Å². The van der Waals surface area contributed by atoms with E-state index in [0.29, 0.717) is 25.2 Å². The Labute approximate surface area is 194 Å². The van der Waals surface area contributed by atoms with Crippen molar-refractivity contribution in [3.8, 4) is 0 Å². The molecule has 0 aliphatic rings. The summed E-state index contributed by atoms with van der Waals surface area (Å²) in [6, 6.07) is 12.5. The van der Waals surface area contributed by atoms with E-state index >= 15 is 0 Å². The van der Waals surface area contributed by atoms with Gasteiger partial charge in [-0.1, -0.05) is 36.4 Å². The standard InChI is InChI=1S/C26H30N6O/c1-18-11-29-31(14-18)15-21-4-6-22(7-5-21)16-32-17-24(12-30-32)26(33)28-13-25-19(2)8-23(10-27)9-20(25)3/h4-9,11-12,14,17H,10,13,15-16,27H2,1-3H3,(H,28,33). The number of aryl methyl sites for hydroxylation is 3. The minimum atomic E-state index is -0.132. The number of benzene rings is 2. The molecule has 0 atom stereocenters. The lowest BCUT2D eigenvalue weighted by Gasteiger charge is -2.12. The van der Waals surface area contributed by atoms with Crippen LogP contribution in [0.2, 0.25) is 0 Å². The van der Waals surface area contributed by atoms with Crippen LogP contribution in [-0.2, 0) is 26.2 Å². The molecule has 0 spiro atoms. The first-order valence-electron chi connectivity index (χ1n) is 11.1. The fraction of sp³-hybridized carbons (Fsp3) is 0.269. The van der Waals surface area contributed by atoms with Gasteiger partial charge in [-0.2, -0.15) is 10.2 Å². The third kappa shape index (κ3) is 5.56. The van der Waals surface area contributed by atoms with Crippen LogP contribution >= 0.6 is 0 Å². The number of carbonyl (C=O) groups excluding carboxylic acids is 1. The quantitative estimate of drug-likeness (QED) is 0.437. The molecule has 4 rings (SSSR count). The second-order valence-corrected chi connectivity index (χ2v) is 8.55. The summed E-state index contributed by atoms with van der Waals surface area (Å²) < 4.78 is 3.71. The van der Waals surface area contributed by atoms with Gasteiger partial charge in [-0.3, -0.25) is 14.2 Å². The van der Waals surface area contributed by atoms with Crippen molar-refractivity contribution in [2.75, 3.05) is 0 Å². The maximum atomic E-state index is 12.7. The molecule has 2 aromatic heterocycles. The van der Waals surface area contributed by atoms with Crippen molar-refractivity contribution in [3.05, 3.63) is 106 Å². The van der Waals surface area contributed by atoms with Gasteiger partial charge in [0.1, 0.15) is 0 Å². The van der Waals surface area contributed by atoms with Gasteiger partial charge < -0.3 is 11.1 Å². The SMILES string of the molecule is Cc1cnn(Cc2ccc(Cn3cc(C(=O)NCc4c(C)cc(CN)cc4C)cn3)cc2)c1. The lowest BCUT2D eigenvalue weighted by Crippen LogP contribution is -2.23. The second-order valence-electron chi connectivity index (χ2n) is 8.55. The van der Waals surface area contributed by atoms with E-state index in [0.717, 1.165) is 39.9 Å². The normalized spacial score (nSPS) is 11.0. The molecule has 0 saturated carbocycles. The minimum absolute atomic E-state index is 0.132. The van der Waals surface area contributed by atoms with Gasteiger partial charge in [0.25, 0.3) is 5.91 Å². The highest BCUT2D eigenvalue weighted by atomic mass is 16.1. The molecule has 1 amide bonds. The largest absolute Gasteiger partial charge is 0.348 e. The molecule has 0 bridgehead atoms. The van der Waals surface area contributed by atoms with E-state index in [1.54, 1.807) is 17.1 Å². The van der Waals surface area contributed by atoms with Crippen LogP contribution in [0, 0.1) is 20.8 Å². The van der Waals surface area contributed by atoms with E-state index in [1.165, 1.54) is 5.56 Å². The monoisotopic (exact) mass is 442 g/mol. The predicted molar refractivity (Wildman–Crippen MR) is 129 cm³/mol. The van der Waals surface area contributed by atoms with E-state index in [1.807, 2.05) is 37.8 Å². The summed E-state index contributed by atoms with van der Waals surface area (Å²) in [6.07, 6.45) is 7.29. The van der Waals surface area contributed by atoms with Crippen molar-refractivity contribution >= 4 is 5.91 Å². The lowest BCUT2D eigenvalue weighted by atomic mass is 9.99. The highest BCUT2D eigenvalue weighted by molar-refractivity contribution is 5.93. The number of hydrogen-bond donors (Lipinski definition) is 2. The molecule has 2 heterocycles. The molecule has 2 aromatic carbocycles. The third-order valence-electron chi connectivity index (χ3n) is 5.79. The molecule has 0 aliphatic carbocycles. The van der Waals surface area contributed by atoms with Crippen LogP contribution < -0.4 is 11.1 Å². The zero-order chi connectivity index (χ0) is 23.4. The fourth-order valence-corrected chi connectivity index (χ4v) is 4.00. The maximum absolute atomic E-state index is 12.7. The lowest BCUT2D eigenvalue weighted by molar-refractivity contribution is 0.0950. The number of nitrogens with two attached hydrogens (primary N) is 1. The Morgan fingerprint density at radius 1 is 0.879 bits per heavy atom. The third-order valence-corrected chi connectivity index (χ3v) is 5.79. The van der Waals surface area contributed by atoms with Gasteiger partial charge in [-0.05, 0) is 59.7 Å². The van der Waals surface area contributed by atoms with Crippen LogP contribution in [0.5, 0.6) is 0 Å². The molecule has 0 saturated heterocycles. The Balaban J connectivity index is 1.34. The van der Waals surface area contributed by atoms with Crippen LogP contribution in [0.3, 0.4) is 0 Å². The first kappa shape index (κ1) is 22.5. The Hall–Kier alpha value is -3.71. The predicted octanol–water partition coefficient (Wildman–Crippen LogP) is 3.49. The Bertz CT molecular complexity index is 1230. The molecule has 0 aliphatic heterocycles. The topological polar surface area (TPSA) is 90.8 Å². The molecule has 4 aromatic rings. The summed E-state index contributed by atoms with van der Waals surface area (Å²) >= 11 is 0. The van der Waals surface area contributed by atoms with E-state index in [-0.39, 0.29) is 5.91 Å². The number of carbonyl (C=O) groups is 1. The number of nitrogens with zero attached hydrogens (tertiary/aromatic N) is 4. The van der Waals surface area contributed by atoms with Gasteiger partial charge in [0.2, 0.25) is 0 Å². The van der Waals surface area contributed by atoms with Crippen LogP contribution in [0.15, 0.2) is 61.2 Å². The fourth-order valence-electron chi connectivity index (χ4n) is 4.00. The smallest absolute Gasteiger partial charge is 0.254 e. The summed E-state index contributed by atoms with van der Waals surface area (Å²) in [6.45, 7) is 8.47. The summed E-state index contributed by atoms with van der Waals surface area (Å²) in [5.41, 5.74) is 14.3. The molecule has 0 unspecified atom stereocenters. The Morgan fingerprint density at radius 3 is 2.00 bits per heavy atom. The first-order chi connectivity index (χ1) is 15.9. The Kier molecular flexibility index (Phi) is 6.70. The van der Waals surface area contributed by atoms with E-state index in [2.05, 4.69) is 51.9 Å². The minimum Gasteiger partial charge on any atom is -0.348 e.